The fourth-order valence-electron chi connectivity index (χ4n) is 4.41. The fourth-order valence-corrected chi connectivity index (χ4v) is 4.41. The van der Waals surface area contributed by atoms with Gasteiger partial charge in [0.15, 0.2) is 5.82 Å². The van der Waals surface area contributed by atoms with E-state index in [4.69, 9.17) is 4.74 Å². The zero-order valence-electron chi connectivity index (χ0n) is 16.0. The van der Waals surface area contributed by atoms with Crippen molar-refractivity contribution in [1.29, 1.82) is 0 Å². The van der Waals surface area contributed by atoms with Gasteiger partial charge in [0.25, 0.3) is 0 Å². The van der Waals surface area contributed by atoms with Gasteiger partial charge in [-0.05, 0) is 52.6 Å². The molecule has 0 aromatic carbocycles. The molecule has 2 aliphatic heterocycles. The van der Waals surface area contributed by atoms with Crippen LogP contribution in [-0.4, -0.2) is 61.6 Å². The van der Waals surface area contributed by atoms with Gasteiger partial charge in [-0.25, -0.2) is 4.98 Å². The van der Waals surface area contributed by atoms with Crippen LogP contribution in [0.1, 0.15) is 56.0 Å². The second-order valence-corrected chi connectivity index (χ2v) is 7.47. The minimum Gasteiger partial charge on any atom is -0.381 e. The van der Waals surface area contributed by atoms with Crippen molar-refractivity contribution < 1.29 is 4.74 Å². The van der Waals surface area contributed by atoms with Crippen molar-refractivity contribution in [3.8, 4) is 0 Å². The van der Waals surface area contributed by atoms with Crippen LogP contribution < -0.4 is 0 Å². The Kier molecular flexibility index (Phi) is 5.36. The number of piperidine rings is 1. The lowest BCUT2D eigenvalue weighted by atomic mass is 9.93. The number of aromatic nitrogens is 5. The quantitative estimate of drug-likeness (QED) is 0.820. The van der Waals surface area contributed by atoms with Crippen LogP contribution in [0.5, 0.6) is 0 Å². The van der Waals surface area contributed by atoms with Gasteiger partial charge in [-0.15, -0.1) is 10.2 Å². The topological polar surface area (TPSA) is 61.0 Å². The van der Waals surface area contributed by atoms with Crippen molar-refractivity contribution in [3.63, 3.8) is 0 Å². The largest absolute Gasteiger partial charge is 0.381 e. The lowest BCUT2D eigenvalue weighted by molar-refractivity contribution is 0.0247. The molecule has 4 rings (SSSR count). The number of imidazole rings is 1. The summed E-state index contributed by atoms with van der Waals surface area (Å²) in [5.74, 6) is 3.75. The molecule has 2 aliphatic rings. The minimum absolute atomic E-state index is 0.524. The Hall–Kier alpha value is -1.73. The molecule has 0 bridgehead atoms. The van der Waals surface area contributed by atoms with Crippen LogP contribution in [0.25, 0.3) is 0 Å². The van der Waals surface area contributed by atoms with E-state index in [1.165, 1.54) is 44.6 Å². The van der Waals surface area contributed by atoms with E-state index in [0.717, 1.165) is 38.0 Å². The molecule has 0 atom stereocenters. The normalized spacial score (nSPS) is 20.7. The van der Waals surface area contributed by atoms with Gasteiger partial charge < -0.3 is 18.8 Å². The van der Waals surface area contributed by atoms with Crippen LogP contribution in [0.2, 0.25) is 0 Å². The van der Waals surface area contributed by atoms with Crippen molar-refractivity contribution in [3.05, 3.63) is 29.9 Å². The van der Waals surface area contributed by atoms with Gasteiger partial charge in [0.1, 0.15) is 11.6 Å². The van der Waals surface area contributed by atoms with Gasteiger partial charge in [0, 0.05) is 44.1 Å². The highest BCUT2D eigenvalue weighted by atomic mass is 16.5. The maximum absolute atomic E-state index is 5.51. The molecule has 4 heterocycles. The minimum atomic E-state index is 0.524. The van der Waals surface area contributed by atoms with Gasteiger partial charge in [-0.2, -0.15) is 0 Å². The second kappa shape index (κ2) is 7.88. The molecule has 2 saturated heterocycles. The highest BCUT2D eigenvalue weighted by Crippen LogP contribution is 2.30. The number of nitrogens with zero attached hydrogens (tertiary/aromatic N) is 6. The first-order valence-corrected chi connectivity index (χ1v) is 9.97. The molecular formula is C19H30N6O. The van der Waals surface area contributed by atoms with Gasteiger partial charge in [-0.1, -0.05) is 0 Å². The molecule has 0 radical (unpaired) electrons. The summed E-state index contributed by atoms with van der Waals surface area (Å²) < 4.78 is 9.96. The molecule has 7 heteroatoms. The van der Waals surface area contributed by atoms with Crippen molar-refractivity contribution in [2.45, 2.75) is 64.6 Å². The third kappa shape index (κ3) is 3.55. The molecule has 0 unspecified atom stereocenters. The summed E-state index contributed by atoms with van der Waals surface area (Å²) in [5, 5.41) is 9.12. The smallest absolute Gasteiger partial charge is 0.153 e. The molecule has 2 aromatic heterocycles. The molecule has 142 valence electrons. The van der Waals surface area contributed by atoms with E-state index in [1.807, 2.05) is 19.3 Å². The third-order valence-electron chi connectivity index (χ3n) is 6.01. The highest BCUT2D eigenvalue weighted by molar-refractivity contribution is 5.06. The summed E-state index contributed by atoms with van der Waals surface area (Å²) in [6, 6.07) is 0.716. The Labute approximate surface area is 155 Å². The molecule has 26 heavy (non-hydrogen) atoms. The maximum atomic E-state index is 5.51. The number of aryl methyl sites for hydroxylation is 1. The molecule has 0 aliphatic carbocycles. The average Bonchev–Trinajstić information content (AvgIpc) is 3.29. The number of hydrogen-bond acceptors (Lipinski definition) is 5. The second-order valence-electron chi connectivity index (χ2n) is 7.47. The predicted molar refractivity (Wildman–Crippen MR) is 99.2 cm³/mol. The van der Waals surface area contributed by atoms with Crippen LogP contribution in [-0.2, 0) is 17.8 Å². The lowest BCUT2D eigenvalue weighted by Crippen LogP contribution is -2.44. The Balaban J connectivity index is 1.42. The number of likely N-dealkylation sites (tertiary alicyclic amines) is 1. The Morgan fingerprint density at radius 1 is 1.12 bits per heavy atom. The molecule has 0 saturated carbocycles. The summed E-state index contributed by atoms with van der Waals surface area (Å²) in [6.45, 7) is 10.1. The fraction of sp³-hybridized carbons (Fsp3) is 0.737. The number of hydrogen-bond donors (Lipinski definition) is 0. The molecule has 7 nitrogen and oxygen atoms in total. The van der Waals surface area contributed by atoms with Gasteiger partial charge in [0.2, 0.25) is 0 Å². The van der Waals surface area contributed by atoms with Crippen LogP contribution in [0, 0.1) is 6.92 Å². The molecule has 2 fully saturated rings. The summed E-state index contributed by atoms with van der Waals surface area (Å²) >= 11 is 0. The van der Waals surface area contributed by atoms with E-state index in [9.17, 15) is 0 Å². The molecular weight excluding hydrogens is 328 g/mol. The first-order valence-electron chi connectivity index (χ1n) is 9.97. The number of rotatable bonds is 5. The predicted octanol–water partition coefficient (Wildman–Crippen LogP) is 2.21. The van der Waals surface area contributed by atoms with E-state index in [-0.39, 0.29) is 0 Å². The lowest BCUT2D eigenvalue weighted by Gasteiger charge is -2.39. The SMILES string of the molecule is CCn1c(Cn2ccnc2C)nnc1C1CCN(C2CCOCC2)CC1. The van der Waals surface area contributed by atoms with E-state index in [2.05, 4.69) is 36.1 Å². The van der Waals surface area contributed by atoms with E-state index in [0.29, 0.717) is 12.0 Å². The number of ether oxygens (including phenoxy) is 1. The zero-order chi connectivity index (χ0) is 17.9. The van der Waals surface area contributed by atoms with Gasteiger partial charge in [-0.3, -0.25) is 0 Å². The summed E-state index contributed by atoms with van der Waals surface area (Å²) in [6.07, 6.45) is 8.58. The van der Waals surface area contributed by atoms with E-state index < -0.39 is 0 Å². The summed E-state index contributed by atoms with van der Waals surface area (Å²) in [5.41, 5.74) is 0. The molecule has 2 aromatic rings. The molecule has 0 spiro atoms. The molecule has 0 N–H and O–H groups in total. The Bertz CT molecular complexity index is 709. The van der Waals surface area contributed by atoms with Crippen molar-refractivity contribution >= 4 is 0 Å². The first-order chi connectivity index (χ1) is 12.8. The highest BCUT2D eigenvalue weighted by Gasteiger charge is 2.29. The van der Waals surface area contributed by atoms with Crippen LogP contribution in [0.3, 0.4) is 0 Å². The molecule has 0 amide bonds. The first kappa shape index (κ1) is 17.7. The van der Waals surface area contributed by atoms with E-state index >= 15 is 0 Å². The van der Waals surface area contributed by atoms with E-state index in [1.54, 1.807) is 0 Å². The van der Waals surface area contributed by atoms with Gasteiger partial charge in [0.05, 0.1) is 6.54 Å². The standard InChI is InChI=1S/C19H30N6O/c1-3-25-18(14-24-11-8-20-15(24)2)21-22-19(25)16-4-9-23(10-5-16)17-6-12-26-13-7-17/h8,11,16-17H,3-7,9-10,12-14H2,1-2H3. The van der Waals surface area contributed by atoms with Crippen molar-refractivity contribution in [2.75, 3.05) is 26.3 Å². The Morgan fingerprint density at radius 3 is 2.54 bits per heavy atom. The van der Waals surface area contributed by atoms with Crippen LogP contribution in [0.15, 0.2) is 12.4 Å². The van der Waals surface area contributed by atoms with Crippen LogP contribution in [0.4, 0.5) is 0 Å². The summed E-state index contributed by atoms with van der Waals surface area (Å²) in [7, 11) is 0. The maximum Gasteiger partial charge on any atom is 0.153 e. The van der Waals surface area contributed by atoms with Crippen molar-refractivity contribution in [1.82, 2.24) is 29.2 Å². The van der Waals surface area contributed by atoms with Crippen molar-refractivity contribution in [2.24, 2.45) is 0 Å². The Morgan fingerprint density at radius 2 is 1.88 bits per heavy atom. The van der Waals surface area contributed by atoms with Crippen LogP contribution >= 0.6 is 0 Å². The summed E-state index contributed by atoms with van der Waals surface area (Å²) in [4.78, 5) is 6.98. The van der Waals surface area contributed by atoms with Gasteiger partial charge >= 0.3 is 0 Å². The third-order valence-corrected chi connectivity index (χ3v) is 6.01. The average molecular weight is 358 g/mol. The monoisotopic (exact) mass is 358 g/mol. The zero-order valence-corrected chi connectivity index (χ0v) is 16.0.